The highest BCUT2D eigenvalue weighted by Gasteiger charge is 2.23. The highest BCUT2D eigenvalue weighted by atomic mass is 35.5. The number of nitrogens with one attached hydrogen (secondary N) is 5. The Bertz CT molecular complexity index is 2980. The lowest BCUT2D eigenvalue weighted by atomic mass is 10.2. The van der Waals surface area contributed by atoms with Gasteiger partial charge in [0.25, 0.3) is 17.7 Å². The Morgan fingerprint density at radius 1 is 0.337 bits per heavy atom. The maximum absolute atomic E-state index is 12.5. The second kappa shape index (κ2) is 33.0. The maximum Gasteiger partial charge on any atom is 0.251 e. The predicted octanol–water partition coefficient (Wildman–Crippen LogP) is 7.26. The molecule has 3 aliphatic heterocycles. The highest BCUT2D eigenvalue weighted by molar-refractivity contribution is 5.98. The van der Waals surface area contributed by atoms with E-state index >= 15 is 0 Å². The van der Waals surface area contributed by atoms with E-state index in [9.17, 15) is 28.8 Å². The van der Waals surface area contributed by atoms with E-state index in [1.54, 1.807) is 82.6 Å². The molecule has 0 atom stereocenters. The molecule has 0 aliphatic carbocycles. The molecule has 3 fully saturated rings. The van der Waals surface area contributed by atoms with E-state index in [-0.39, 0.29) is 67.5 Å². The van der Waals surface area contributed by atoms with Gasteiger partial charge in [0.15, 0.2) is 0 Å². The molecule has 0 spiro atoms. The monoisotopic (exact) mass is 1140 g/mol. The summed E-state index contributed by atoms with van der Waals surface area (Å²) in [5, 5.41) is 14.5. The molecule has 0 unspecified atom stereocenters. The third-order valence-corrected chi connectivity index (χ3v) is 13.4. The molecule has 7 aromatic carbocycles. The highest BCUT2D eigenvalue weighted by Crippen LogP contribution is 2.24. The minimum Gasteiger partial charge on any atom is -0.457 e. The third kappa shape index (κ3) is 20.5. The number of rotatable bonds is 17. The van der Waals surface area contributed by atoms with Crippen LogP contribution in [0.15, 0.2) is 194 Å². The number of carbonyl (C=O) groups is 6. The molecule has 3 aliphatic rings. The van der Waals surface area contributed by atoms with Gasteiger partial charge in [-0.15, -0.1) is 12.4 Å². The largest absolute Gasteiger partial charge is 0.457 e. The Labute approximate surface area is 490 Å². The second-order valence-corrected chi connectivity index (χ2v) is 19.3. The fourth-order valence-electron chi connectivity index (χ4n) is 8.83. The summed E-state index contributed by atoms with van der Waals surface area (Å²) < 4.78 is 17.1. The molecular weight excluding hydrogens is 1070 g/mol. The quantitative estimate of drug-likeness (QED) is 0.0612. The first kappa shape index (κ1) is 61.5. The summed E-state index contributed by atoms with van der Waals surface area (Å²) in [4.78, 5) is 81.1. The van der Waals surface area contributed by atoms with Gasteiger partial charge in [-0.1, -0.05) is 84.9 Å². The van der Waals surface area contributed by atoms with E-state index < -0.39 is 0 Å². The first-order valence-corrected chi connectivity index (χ1v) is 27.5. The van der Waals surface area contributed by atoms with Crippen LogP contribution in [-0.4, -0.2) is 153 Å². The zero-order valence-electron chi connectivity index (χ0n) is 46.2. The molecule has 0 bridgehead atoms. The van der Waals surface area contributed by atoms with E-state index in [0.717, 1.165) is 63.1 Å². The summed E-state index contributed by atoms with van der Waals surface area (Å²) >= 11 is 0. The van der Waals surface area contributed by atoms with Crippen molar-refractivity contribution >= 4 is 47.9 Å². The number of ether oxygens (including phenoxy) is 3. The Morgan fingerprint density at radius 3 is 0.904 bits per heavy atom. The zero-order valence-corrected chi connectivity index (χ0v) is 47.0. The smallest absolute Gasteiger partial charge is 0.251 e. The Morgan fingerprint density at radius 2 is 0.602 bits per heavy atom. The molecular formula is C64H70ClN9O9. The van der Waals surface area contributed by atoms with Crippen molar-refractivity contribution in [1.82, 2.24) is 46.2 Å². The van der Waals surface area contributed by atoms with Gasteiger partial charge in [-0.25, -0.2) is 0 Å². The second-order valence-electron chi connectivity index (χ2n) is 19.3. The van der Waals surface area contributed by atoms with Crippen molar-refractivity contribution in [3.8, 4) is 34.5 Å². The van der Waals surface area contributed by atoms with Crippen LogP contribution < -0.4 is 40.8 Å². The summed E-state index contributed by atoms with van der Waals surface area (Å²) in [6.07, 6.45) is 0. The lowest BCUT2D eigenvalue weighted by molar-refractivity contribution is -0.132. The number of piperazine rings is 3. The van der Waals surface area contributed by atoms with Crippen LogP contribution in [-0.2, 0) is 20.9 Å². The molecule has 6 amide bonds. The van der Waals surface area contributed by atoms with Gasteiger partial charge in [0, 0.05) is 102 Å². The molecule has 432 valence electrons. The van der Waals surface area contributed by atoms with Gasteiger partial charge in [-0.05, 0) is 115 Å². The topological polar surface area (TPSA) is 203 Å². The van der Waals surface area contributed by atoms with Crippen molar-refractivity contribution in [3.05, 3.63) is 216 Å². The molecule has 5 N–H and O–H groups in total. The number of amides is 6. The average Bonchev–Trinajstić information content (AvgIpc) is 3.55. The van der Waals surface area contributed by atoms with Crippen LogP contribution in [0.4, 0.5) is 0 Å². The number of hydrogen-bond donors (Lipinski definition) is 5. The Kier molecular flexibility index (Phi) is 24.5. The van der Waals surface area contributed by atoms with Gasteiger partial charge in [0.1, 0.15) is 34.5 Å². The first-order valence-electron chi connectivity index (χ1n) is 27.5. The molecule has 19 heteroatoms. The molecule has 0 radical (unpaired) electrons. The maximum atomic E-state index is 12.5. The summed E-state index contributed by atoms with van der Waals surface area (Å²) in [5.74, 6) is 3.19. The lowest BCUT2D eigenvalue weighted by Crippen LogP contribution is -2.50. The van der Waals surface area contributed by atoms with Crippen molar-refractivity contribution in [1.29, 1.82) is 0 Å². The van der Waals surface area contributed by atoms with E-state index in [4.69, 9.17) is 14.2 Å². The zero-order chi connectivity index (χ0) is 57.1. The van der Waals surface area contributed by atoms with Gasteiger partial charge in [-0.3, -0.25) is 33.7 Å². The number of hydrogen-bond acceptors (Lipinski definition) is 12. The van der Waals surface area contributed by atoms with Crippen LogP contribution in [0, 0.1) is 0 Å². The van der Waals surface area contributed by atoms with Crippen LogP contribution in [0.1, 0.15) is 36.6 Å². The number of nitrogens with zero attached hydrogens (tertiary/aromatic N) is 4. The molecule has 0 saturated carbocycles. The standard InChI is InChI=1S/C26H27N3O3.2C19H21N3O3.ClH/c30-25(29-17-15-28(16-18-29)20-21-7-3-1-4-8-21)19-27-26(31)22-11-13-24(14-12-22)32-23-9-5-2-6-10-23;2*23-18(22-12-10-20-11-13-22)14-21-19(24)15-6-8-17(9-7-15)25-16-4-2-1-3-5-16;/h1-14H,15-20H2,(H,27,31);2*1-9,20H,10-14H2,(H,21,24);1H. The van der Waals surface area contributed by atoms with Gasteiger partial charge >= 0.3 is 0 Å². The SMILES string of the molecule is Cl.O=C(NCC(=O)N1CCN(Cc2ccccc2)CC1)c1ccc(Oc2ccccc2)cc1.O=C(NCC(=O)N1CCNCC1)c1ccc(Oc2ccccc2)cc1.O=C(NCC(=O)N1CCNCC1)c1ccc(Oc2ccccc2)cc1. The number of para-hydroxylation sites is 3. The fraction of sp³-hybridized carbons (Fsp3) is 0.250. The van der Waals surface area contributed by atoms with Crippen molar-refractivity contribution in [3.63, 3.8) is 0 Å². The number of benzene rings is 7. The first-order chi connectivity index (χ1) is 40.1. The van der Waals surface area contributed by atoms with Crippen molar-refractivity contribution in [2.24, 2.45) is 0 Å². The average molecular weight is 1140 g/mol. The van der Waals surface area contributed by atoms with Crippen molar-refractivity contribution < 1.29 is 43.0 Å². The van der Waals surface area contributed by atoms with Crippen LogP contribution in [0.3, 0.4) is 0 Å². The molecule has 0 aromatic heterocycles. The summed E-state index contributed by atoms with van der Waals surface area (Å²) in [5.41, 5.74) is 2.76. The molecule has 3 saturated heterocycles. The van der Waals surface area contributed by atoms with Crippen LogP contribution in [0.2, 0.25) is 0 Å². The van der Waals surface area contributed by atoms with Crippen LogP contribution >= 0.6 is 12.4 Å². The number of halogens is 1. The molecule has 7 aromatic rings. The Hall–Kier alpha value is -9.07. The summed E-state index contributed by atoms with van der Waals surface area (Å²) in [6, 6.07) is 59.2. The summed E-state index contributed by atoms with van der Waals surface area (Å²) in [6.45, 7) is 9.83. The minimum atomic E-state index is -0.271. The van der Waals surface area contributed by atoms with Crippen molar-refractivity contribution in [2.45, 2.75) is 6.54 Å². The minimum absolute atomic E-state index is 0. The predicted molar refractivity (Wildman–Crippen MR) is 320 cm³/mol. The van der Waals surface area contributed by atoms with E-state index in [1.165, 1.54) is 5.56 Å². The van der Waals surface area contributed by atoms with Gasteiger partial charge in [0.05, 0.1) is 19.6 Å². The normalized spacial score (nSPS) is 13.9. The van der Waals surface area contributed by atoms with E-state index in [2.05, 4.69) is 43.6 Å². The molecule has 18 nitrogen and oxygen atoms in total. The van der Waals surface area contributed by atoms with Gasteiger partial charge < -0.3 is 55.5 Å². The van der Waals surface area contributed by atoms with Gasteiger partial charge in [-0.2, -0.15) is 0 Å². The van der Waals surface area contributed by atoms with Crippen LogP contribution in [0.5, 0.6) is 34.5 Å². The van der Waals surface area contributed by atoms with Gasteiger partial charge in [0.2, 0.25) is 17.7 Å². The van der Waals surface area contributed by atoms with E-state index in [0.29, 0.717) is 73.2 Å². The molecule has 10 rings (SSSR count). The Balaban J connectivity index is 0.000000180. The van der Waals surface area contributed by atoms with Crippen molar-refractivity contribution in [2.75, 3.05) is 98.2 Å². The molecule has 3 heterocycles. The molecule has 83 heavy (non-hydrogen) atoms. The number of carbonyl (C=O) groups excluding carboxylic acids is 6. The van der Waals surface area contributed by atoms with Crippen LogP contribution in [0.25, 0.3) is 0 Å². The fourth-order valence-corrected chi connectivity index (χ4v) is 8.83. The summed E-state index contributed by atoms with van der Waals surface area (Å²) in [7, 11) is 0. The van der Waals surface area contributed by atoms with E-state index in [1.807, 2.05) is 114 Å². The third-order valence-electron chi connectivity index (χ3n) is 13.4. The lowest BCUT2D eigenvalue weighted by Gasteiger charge is -2.34.